The molecule has 0 aliphatic heterocycles. The van der Waals surface area contributed by atoms with Gasteiger partial charge in [-0.2, -0.15) is 0 Å². The van der Waals surface area contributed by atoms with Crippen molar-refractivity contribution in [2.45, 2.75) is 111 Å². The van der Waals surface area contributed by atoms with E-state index in [0.29, 0.717) is 0 Å². The molecule has 8 nitrogen and oxygen atoms in total. The van der Waals surface area contributed by atoms with Crippen LogP contribution in [0.15, 0.2) is 0 Å². The summed E-state index contributed by atoms with van der Waals surface area (Å²) in [6.45, 7) is 0. The quantitative estimate of drug-likeness (QED) is 0.230. The van der Waals surface area contributed by atoms with Gasteiger partial charge in [-0.05, 0) is 0 Å². The Balaban J connectivity index is -0.00000000157. The van der Waals surface area contributed by atoms with E-state index in [2.05, 4.69) is 0 Å². The fourth-order valence-corrected chi connectivity index (χ4v) is 0. The Morgan fingerprint density at radius 2 is 0.259 bits per heavy atom. The lowest BCUT2D eigenvalue weighted by molar-refractivity contribution is 0.562. The van der Waals surface area contributed by atoms with Crippen molar-refractivity contribution in [3.05, 3.63) is 0 Å². The molecular weight excluding hydrogens is 348 g/mol. The zero-order valence-electron chi connectivity index (χ0n) is 5.63. The van der Waals surface area contributed by atoms with Crippen LogP contribution in [0.2, 0.25) is 0 Å². The van der Waals surface area contributed by atoms with Crippen LogP contribution in [-0.2, 0) is 19.2 Å². The van der Waals surface area contributed by atoms with E-state index in [1.165, 1.54) is 0 Å². The van der Waals surface area contributed by atoms with E-state index in [-0.39, 0.29) is 111 Å². The standard InChI is InChI=1S/4CHNO.15CH4/c4*2-1-3;;;;;;;;;;;;;;;/h4*2H;15*1H4. The molecule has 0 aromatic heterocycles. The Kier molecular flexibility index (Phi) is 85100. The van der Waals surface area contributed by atoms with Crippen molar-refractivity contribution in [3.63, 3.8) is 0 Å². The van der Waals surface area contributed by atoms with Crippen LogP contribution in [0.1, 0.15) is 111 Å². The van der Waals surface area contributed by atoms with Crippen LogP contribution in [0, 0.1) is 21.6 Å². The highest BCUT2D eigenvalue weighted by atomic mass is 16.1. The molecule has 0 amide bonds. The van der Waals surface area contributed by atoms with E-state index < -0.39 is 0 Å². The number of carbonyl (C=O) groups excluding carboxylic acids is 4. The maximum absolute atomic E-state index is 8.35. The zero-order valence-corrected chi connectivity index (χ0v) is 5.63. The van der Waals surface area contributed by atoms with Crippen molar-refractivity contribution in [1.82, 2.24) is 0 Å². The normalized spacial score (nSPS) is 1.19. The summed E-state index contributed by atoms with van der Waals surface area (Å²) >= 11 is 0. The largest absolute Gasteiger partial charge is 0.231 e. The highest BCUT2D eigenvalue weighted by Gasteiger charge is 1.04. The van der Waals surface area contributed by atoms with Crippen molar-refractivity contribution in [1.29, 1.82) is 21.6 Å². The van der Waals surface area contributed by atoms with Gasteiger partial charge in [-0.1, -0.05) is 111 Å². The minimum atomic E-state index is 0. The van der Waals surface area contributed by atoms with Crippen LogP contribution >= 0.6 is 0 Å². The SMILES string of the molecule is C.C.C.C.C.C.C.C.C.C.C.C.C.C.C.N=C=O.N=C=O.N=C=O.N=C=O. The van der Waals surface area contributed by atoms with Gasteiger partial charge in [0.25, 0.3) is 0 Å². The third-order valence-electron chi connectivity index (χ3n) is 0. The molecule has 4 N–H and O–H groups in total. The molecule has 0 aromatic carbocycles. The first-order valence-corrected chi connectivity index (χ1v) is 1.82. The average molecular weight is 413 g/mol. The molecule has 27 heavy (non-hydrogen) atoms. The number of isocyanates is 4. The second-order valence-corrected chi connectivity index (χ2v) is 0.408. The summed E-state index contributed by atoms with van der Waals surface area (Å²) in [7, 11) is 0. The molecule has 0 fully saturated rings. The molecule has 0 aromatic rings. The molecule has 0 spiro atoms. The topological polar surface area (TPSA) is 164 Å². The highest BCUT2D eigenvalue weighted by molar-refractivity contribution is 5.26. The number of hydrogen-bond donors (Lipinski definition) is 4. The van der Waals surface area contributed by atoms with Crippen LogP contribution in [0.25, 0.3) is 0 Å². The summed E-state index contributed by atoms with van der Waals surface area (Å²) in [5.41, 5.74) is 0. The van der Waals surface area contributed by atoms with Crippen LogP contribution in [0.5, 0.6) is 0 Å². The maximum atomic E-state index is 8.35. The molecule has 0 atom stereocenters. The number of nitrogens with one attached hydrogen (secondary N) is 4. The maximum Gasteiger partial charge on any atom is 0.231 e. The Labute approximate surface area is 177 Å². The van der Waals surface area contributed by atoms with Crippen molar-refractivity contribution < 1.29 is 19.2 Å². The van der Waals surface area contributed by atoms with Crippen LogP contribution < -0.4 is 0 Å². The van der Waals surface area contributed by atoms with Crippen LogP contribution in [-0.4, -0.2) is 24.3 Å². The van der Waals surface area contributed by atoms with E-state index in [0.717, 1.165) is 24.3 Å². The lowest BCUT2D eigenvalue weighted by Gasteiger charge is -1.02. The van der Waals surface area contributed by atoms with E-state index in [1.807, 2.05) is 0 Å². The van der Waals surface area contributed by atoms with E-state index in [4.69, 9.17) is 40.8 Å². The molecular formula is C19H64N4O4. The van der Waals surface area contributed by atoms with Gasteiger partial charge in [0.2, 0.25) is 24.3 Å². The molecule has 0 saturated heterocycles. The van der Waals surface area contributed by atoms with Crippen molar-refractivity contribution in [3.8, 4) is 0 Å². The van der Waals surface area contributed by atoms with Gasteiger partial charge in [-0.25, -0.2) is 40.8 Å². The van der Waals surface area contributed by atoms with E-state index in [1.54, 1.807) is 0 Å². The summed E-state index contributed by atoms with van der Waals surface area (Å²) in [5, 5.41) is 21.6. The van der Waals surface area contributed by atoms with Gasteiger partial charge >= 0.3 is 0 Å². The Morgan fingerprint density at radius 3 is 0.259 bits per heavy atom. The summed E-state index contributed by atoms with van der Waals surface area (Å²) in [5.74, 6) is 0. The van der Waals surface area contributed by atoms with Gasteiger partial charge in [-0.15, -0.1) is 0 Å². The molecule has 0 rings (SSSR count). The first kappa shape index (κ1) is 445. The fourth-order valence-electron chi connectivity index (χ4n) is 0. The molecule has 0 unspecified atom stereocenters. The monoisotopic (exact) mass is 412 g/mol. The second-order valence-electron chi connectivity index (χ2n) is 0.408. The van der Waals surface area contributed by atoms with Crippen molar-refractivity contribution in [2.75, 3.05) is 0 Å². The second kappa shape index (κ2) is 5160. The molecule has 0 aliphatic carbocycles. The average Bonchev–Trinajstić information content (AvgIpc) is 1.92. The Morgan fingerprint density at radius 1 is 0.259 bits per heavy atom. The minimum absolute atomic E-state index is 0. The summed E-state index contributed by atoms with van der Waals surface area (Å²) < 4.78 is 0. The smallest absolute Gasteiger partial charge is 0.222 e. The predicted octanol–water partition coefficient (Wildman–Crippen LogP) is 9.15. The molecule has 8 heteroatoms. The van der Waals surface area contributed by atoms with Gasteiger partial charge in [0.05, 0.1) is 0 Å². The van der Waals surface area contributed by atoms with E-state index >= 15 is 0 Å². The van der Waals surface area contributed by atoms with Crippen molar-refractivity contribution >= 4 is 24.3 Å². The fraction of sp³-hybridized carbons (Fsp3) is 0.789. The predicted molar refractivity (Wildman–Crippen MR) is 135 cm³/mol. The third kappa shape index (κ3) is 1770. The third-order valence-corrected chi connectivity index (χ3v) is 0. The van der Waals surface area contributed by atoms with Crippen molar-refractivity contribution in [2.24, 2.45) is 0 Å². The molecule has 0 radical (unpaired) electrons. The van der Waals surface area contributed by atoms with Gasteiger partial charge in [0.1, 0.15) is 0 Å². The number of hydrogen-bond acceptors (Lipinski definition) is 8. The van der Waals surface area contributed by atoms with Gasteiger partial charge in [0, 0.05) is 0 Å². The first-order chi connectivity index (χ1) is 5.66. The minimum Gasteiger partial charge on any atom is -0.222 e. The van der Waals surface area contributed by atoms with Gasteiger partial charge in [-0.3, -0.25) is 0 Å². The van der Waals surface area contributed by atoms with E-state index in [9.17, 15) is 0 Å². The zero-order chi connectivity index (χ0) is 10.8. The molecule has 0 saturated carbocycles. The molecule has 184 valence electrons. The highest BCUT2D eigenvalue weighted by Crippen LogP contribution is 0.877. The van der Waals surface area contributed by atoms with Crippen LogP contribution in [0.4, 0.5) is 0 Å². The van der Waals surface area contributed by atoms with Gasteiger partial charge < -0.3 is 0 Å². The lowest BCUT2D eigenvalue weighted by atomic mass is 11.7. The number of rotatable bonds is 0. The molecule has 0 bridgehead atoms. The van der Waals surface area contributed by atoms with Gasteiger partial charge in [0.15, 0.2) is 0 Å². The summed E-state index contributed by atoms with van der Waals surface area (Å²) in [6.07, 6.45) is 3.00. The lowest BCUT2D eigenvalue weighted by Crippen LogP contribution is -1.16. The Bertz CT molecular complexity index is 164. The molecule has 0 aliphatic rings. The Hall–Kier alpha value is -2.48. The summed E-state index contributed by atoms with van der Waals surface area (Å²) in [4.78, 5) is 33.4. The molecule has 0 heterocycles. The summed E-state index contributed by atoms with van der Waals surface area (Å²) in [6, 6.07) is 0. The van der Waals surface area contributed by atoms with Crippen LogP contribution in [0.3, 0.4) is 0 Å². The first-order valence-electron chi connectivity index (χ1n) is 1.82.